The lowest BCUT2D eigenvalue weighted by Crippen LogP contribution is -2.42. The van der Waals surface area contributed by atoms with Gasteiger partial charge in [-0.2, -0.15) is 0 Å². The number of carbonyl (C=O) groups excluding carboxylic acids is 2. The summed E-state index contributed by atoms with van der Waals surface area (Å²) in [7, 11) is 0. The molecule has 3 N–H and O–H groups in total. The molecule has 0 aromatic heterocycles. The molecule has 1 aromatic rings. The molecular weight excluding hydrogens is 287 g/mol. The number of aliphatic hydroxyl groups excluding tert-OH is 1. The number of halogens is 1. The summed E-state index contributed by atoms with van der Waals surface area (Å²) in [5.74, 6) is -2.26. The molecular formula is C16H21FN2O3. The van der Waals surface area contributed by atoms with Crippen LogP contribution in [0.25, 0.3) is 0 Å². The fraction of sp³-hybridized carbons (Fsp3) is 0.500. The second kappa shape index (κ2) is 7.89. The highest BCUT2D eigenvalue weighted by Gasteiger charge is 2.23. The molecule has 1 unspecified atom stereocenters. The number of hydrogen-bond donors (Lipinski definition) is 3. The van der Waals surface area contributed by atoms with E-state index in [2.05, 4.69) is 10.6 Å². The van der Waals surface area contributed by atoms with Crippen LogP contribution in [0.2, 0.25) is 0 Å². The molecule has 1 aromatic carbocycles. The Hall–Kier alpha value is -1.95. The van der Waals surface area contributed by atoms with Crippen LogP contribution in [0, 0.1) is 11.7 Å². The molecule has 6 heteroatoms. The minimum Gasteiger partial charge on any atom is -0.391 e. The van der Waals surface area contributed by atoms with Crippen molar-refractivity contribution in [1.29, 1.82) is 0 Å². The van der Waals surface area contributed by atoms with Crippen molar-refractivity contribution >= 4 is 17.5 Å². The van der Waals surface area contributed by atoms with Crippen LogP contribution in [-0.2, 0) is 9.59 Å². The molecule has 0 spiro atoms. The summed E-state index contributed by atoms with van der Waals surface area (Å²) in [4.78, 5) is 23.4. The minimum absolute atomic E-state index is 0.0359. The van der Waals surface area contributed by atoms with Crippen LogP contribution in [0.3, 0.4) is 0 Å². The Bertz CT molecular complexity index is 530. The predicted molar refractivity (Wildman–Crippen MR) is 80.6 cm³/mol. The first-order chi connectivity index (χ1) is 10.6. The van der Waals surface area contributed by atoms with Crippen LogP contribution in [0.1, 0.15) is 32.1 Å². The highest BCUT2D eigenvalue weighted by atomic mass is 19.1. The number of carbonyl (C=O) groups is 2. The van der Waals surface area contributed by atoms with E-state index in [0.717, 1.165) is 25.7 Å². The van der Waals surface area contributed by atoms with Crippen molar-refractivity contribution in [2.45, 2.75) is 38.2 Å². The zero-order chi connectivity index (χ0) is 15.9. The van der Waals surface area contributed by atoms with Gasteiger partial charge in [0.05, 0.1) is 11.8 Å². The lowest BCUT2D eigenvalue weighted by atomic mass is 9.85. The second-order valence-electron chi connectivity index (χ2n) is 5.61. The first-order valence-electron chi connectivity index (χ1n) is 7.59. The fourth-order valence-electron chi connectivity index (χ4n) is 2.70. The largest absolute Gasteiger partial charge is 0.391 e. The number of rotatable bonds is 4. The van der Waals surface area contributed by atoms with Gasteiger partial charge in [-0.25, -0.2) is 4.39 Å². The third kappa shape index (κ3) is 4.53. The van der Waals surface area contributed by atoms with E-state index in [-0.39, 0.29) is 18.2 Å². The predicted octanol–water partition coefficient (Wildman–Crippen LogP) is 1.82. The van der Waals surface area contributed by atoms with Gasteiger partial charge in [0, 0.05) is 6.54 Å². The first kappa shape index (κ1) is 16.4. The highest BCUT2D eigenvalue weighted by molar-refractivity contribution is 6.39. The second-order valence-corrected chi connectivity index (χ2v) is 5.61. The normalized spacial score (nSPS) is 16.8. The summed E-state index contributed by atoms with van der Waals surface area (Å²) in [6, 6.07) is 5.62. The zero-order valence-corrected chi connectivity index (χ0v) is 12.3. The summed E-state index contributed by atoms with van der Waals surface area (Å²) in [5.41, 5.74) is -0.0459. The van der Waals surface area contributed by atoms with Crippen molar-refractivity contribution in [3.63, 3.8) is 0 Å². The van der Waals surface area contributed by atoms with Crippen LogP contribution in [-0.4, -0.2) is 29.6 Å². The smallest absolute Gasteiger partial charge is 0.313 e. The topological polar surface area (TPSA) is 78.4 Å². The van der Waals surface area contributed by atoms with Gasteiger partial charge in [-0.1, -0.05) is 31.4 Å². The molecule has 1 aliphatic carbocycles. The van der Waals surface area contributed by atoms with E-state index in [1.54, 1.807) is 6.07 Å². The van der Waals surface area contributed by atoms with Gasteiger partial charge in [-0.15, -0.1) is 0 Å². The summed E-state index contributed by atoms with van der Waals surface area (Å²) in [5, 5.41) is 14.6. The Kier molecular flexibility index (Phi) is 5.89. The van der Waals surface area contributed by atoms with Gasteiger partial charge < -0.3 is 15.7 Å². The van der Waals surface area contributed by atoms with Crippen molar-refractivity contribution in [1.82, 2.24) is 5.32 Å². The first-order valence-corrected chi connectivity index (χ1v) is 7.59. The van der Waals surface area contributed by atoms with Crippen LogP contribution in [0.4, 0.5) is 10.1 Å². The quantitative estimate of drug-likeness (QED) is 0.742. The van der Waals surface area contributed by atoms with Gasteiger partial charge in [0.1, 0.15) is 5.82 Å². The molecule has 1 saturated carbocycles. The van der Waals surface area contributed by atoms with Crippen molar-refractivity contribution in [2.24, 2.45) is 5.92 Å². The van der Waals surface area contributed by atoms with E-state index < -0.39 is 23.7 Å². The third-order valence-corrected chi connectivity index (χ3v) is 3.99. The minimum atomic E-state index is -0.944. The lowest BCUT2D eigenvalue weighted by Gasteiger charge is -2.26. The van der Waals surface area contributed by atoms with Gasteiger partial charge >= 0.3 is 11.8 Å². The molecule has 0 aliphatic heterocycles. The Morgan fingerprint density at radius 3 is 2.55 bits per heavy atom. The van der Waals surface area contributed by atoms with Crippen LogP contribution in [0.15, 0.2) is 24.3 Å². The Morgan fingerprint density at radius 2 is 1.86 bits per heavy atom. The zero-order valence-electron chi connectivity index (χ0n) is 12.3. The third-order valence-electron chi connectivity index (χ3n) is 3.99. The number of anilines is 1. The highest BCUT2D eigenvalue weighted by Crippen LogP contribution is 2.26. The molecule has 1 atom stereocenters. The number of benzene rings is 1. The molecule has 1 fully saturated rings. The standard InChI is InChI=1S/C16H21FN2O3/c17-12-8-4-5-9-13(12)19-16(22)15(21)18-10-14(20)11-6-2-1-3-7-11/h4-5,8-9,11,14,20H,1-3,6-7,10H2,(H,18,21)(H,19,22). The Balaban J connectivity index is 1.79. The van der Waals surface area contributed by atoms with E-state index in [0.29, 0.717) is 0 Å². The van der Waals surface area contributed by atoms with E-state index in [1.807, 2.05) is 0 Å². The maximum Gasteiger partial charge on any atom is 0.313 e. The molecule has 0 radical (unpaired) electrons. The van der Waals surface area contributed by atoms with Gasteiger partial charge in [-0.05, 0) is 30.9 Å². The molecule has 120 valence electrons. The van der Waals surface area contributed by atoms with Crippen molar-refractivity contribution in [3.05, 3.63) is 30.1 Å². The average Bonchev–Trinajstić information content (AvgIpc) is 2.55. The van der Waals surface area contributed by atoms with Crippen molar-refractivity contribution in [3.8, 4) is 0 Å². The molecule has 1 aliphatic rings. The molecule has 2 amide bonds. The number of amides is 2. The maximum absolute atomic E-state index is 13.4. The monoisotopic (exact) mass is 308 g/mol. The maximum atomic E-state index is 13.4. The Labute approximate surface area is 128 Å². The van der Waals surface area contributed by atoms with Crippen molar-refractivity contribution < 1.29 is 19.1 Å². The number of aliphatic hydroxyl groups is 1. The SMILES string of the molecule is O=C(NCC(O)C1CCCCC1)C(=O)Nc1ccccc1F. The van der Waals surface area contributed by atoms with Crippen molar-refractivity contribution in [2.75, 3.05) is 11.9 Å². The molecule has 22 heavy (non-hydrogen) atoms. The molecule has 0 heterocycles. The average molecular weight is 308 g/mol. The number of hydrogen-bond acceptors (Lipinski definition) is 3. The Morgan fingerprint density at radius 1 is 1.18 bits per heavy atom. The van der Waals surface area contributed by atoms with Crippen LogP contribution >= 0.6 is 0 Å². The summed E-state index contributed by atoms with van der Waals surface area (Å²) >= 11 is 0. The number of para-hydroxylation sites is 1. The summed E-state index contributed by atoms with van der Waals surface area (Å²) < 4.78 is 13.4. The lowest BCUT2D eigenvalue weighted by molar-refractivity contribution is -0.136. The van der Waals surface area contributed by atoms with Crippen LogP contribution < -0.4 is 10.6 Å². The van der Waals surface area contributed by atoms with Crippen LogP contribution in [0.5, 0.6) is 0 Å². The van der Waals surface area contributed by atoms with E-state index >= 15 is 0 Å². The summed E-state index contributed by atoms with van der Waals surface area (Å²) in [6.07, 6.45) is 4.59. The molecule has 2 rings (SSSR count). The van der Waals surface area contributed by atoms with E-state index in [9.17, 15) is 19.1 Å². The van der Waals surface area contributed by atoms with Gasteiger partial charge in [0.15, 0.2) is 0 Å². The van der Waals surface area contributed by atoms with E-state index in [1.165, 1.54) is 24.6 Å². The van der Waals surface area contributed by atoms with E-state index in [4.69, 9.17) is 0 Å². The molecule has 0 bridgehead atoms. The fourth-order valence-corrected chi connectivity index (χ4v) is 2.70. The number of nitrogens with one attached hydrogen (secondary N) is 2. The molecule has 0 saturated heterocycles. The summed E-state index contributed by atoms with van der Waals surface area (Å²) in [6.45, 7) is 0.0359. The molecule has 5 nitrogen and oxygen atoms in total. The van der Waals surface area contributed by atoms with Gasteiger partial charge in [-0.3, -0.25) is 9.59 Å². The van der Waals surface area contributed by atoms with Gasteiger partial charge in [0.2, 0.25) is 0 Å². The van der Waals surface area contributed by atoms with Gasteiger partial charge in [0.25, 0.3) is 0 Å².